The van der Waals surface area contributed by atoms with Crippen LogP contribution in [0.2, 0.25) is 0 Å². The highest BCUT2D eigenvalue weighted by Crippen LogP contribution is 2.42. The van der Waals surface area contributed by atoms with Crippen LogP contribution in [0.25, 0.3) is 0 Å². The molecule has 2 amide bonds. The van der Waals surface area contributed by atoms with Gasteiger partial charge >= 0.3 is 0 Å². The minimum absolute atomic E-state index is 0.0592. The van der Waals surface area contributed by atoms with Gasteiger partial charge in [0.15, 0.2) is 6.29 Å². The molecule has 0 bridgehead atoms. The van der Waals surface area contributed by atoms with Crippen molar-refractivity contribution >= 4 is 11.8 Å². The fourth-order valence-electron chi connectivity index (χ4n) is 6.99. The molecule has 0 aromatic heterocycles. The Hall–Kier alpha value is -4.82. The summed E-state index contributed by atoms with van der Waals surface area (Å²) < 4.78 is 24.4. The number of amides is 2. The summed E-state index contributed by atoms with van der Waals surface area (Å²) >= 11 is 0. The molecular weight excluding hydrogens is 638 g/mol. The summed E-state index contributed by atoms with van der Waals surface area (Å²) in [5.74, 6) is 0.860. The summed E-state index contributed by atoms with van der Waals surface area (Å²) in [6, 6.07) is 33.7. The van der Waals surface area contributed by atoms with Gasteiger partial charge in [-0.05, 0) is 53.1 Å². The average Bonchev–Trinajstić information content (AvgIpc) is 3.76. The zero-order chi connectivity index (χ0) is 34.7. The number of fused-ring (bicyclic) bond motifs is 1. The van der Waals surface area contributed by atoms with Crippen LogP contribution >= 0.6 is 0 Å². The number of carbonyl (C=O) groups is 2. The maximum Gasteiger partial charge on any atom is 0.253 e. The number of aliphatic hydroxyl groups is 1. The number of benzene rings is 4. The molecule has 3 saturated heterocycles. The topological polar surface area (TPSA) is 143 Å². The van der Waals surface area contributed by atoms with Crippen LogP contribution in [0, 0.1) is 0 Å². The maximum absolute atomic E-state index is 13.1. The standard InChI is InChI=1S/C38H41N5O7/c1-47-28-17-13-26(14-18-28)38(25-11-7-4-8-12-25,27-15-19-29(48-2)20-16-27)49-22-31-30(44)21-32(50-31)43-23-39-33-34(43)40-37(42-36(33)46)41-35(45)24-9-5-3-6-10-24/h3-20,30-34,37,39-40,44H,21-23H2,1-2H3,(H,41,45)(H,42,46)/t30-,31+,32+,33?,34?,37?/m0/s1. The number of hydrogen-bond donors (Lipinski definition) is 5. The fourth-order valence-corrected chi connectivity index (χ4v) is 6.99. The quantitative estimate of drug-likeness (QED) is 0.150. The van der Waals surface area contributed by atoms with Crippen LogP contribution in [0.5, 0.6) is 11.5 Å². The third kappa shape index (κ3) is 6.56. The molecule has 3 aliphatic rings. The molecule has 0 aliphatic carbocycles. The zero-order valence-corrected chi connectivity index (χ0v) is 27.8. The number of methoxy groups -OCH3 is 2. The van der Waals surface area contributed by atoms with Gasteiger partial charge in [0.25, 0.3) is 5.91 Å². The molecule has 3 aliphatic heterocycles. The van der Waals surface area contributed by atoms with Gasteiger partial charge in [-0.2, -0.15) is 0 Å². The van der Waals surface area contributed by atoms with Crippen molar-refractivity contribution in [2.24, 2.45) is 0 Å². The predicted octanol–water partition coefficient (Wildman–Crippen LogP) is 2.48. The molecule has 0 radical (unpaired) electrons. The van der Waals surface area contributed by atoms with Gasteiger partial charge in [0, 0.05) is 12.0 Å². The van der Waals surface area contributed by atoms with Gasteiger partial charge in [-0.25, -0.2) is 4.90 Å². The van der Waals surface area contributed by atoms with Crippen LogP contribution in [-0.4, -0.2) is 86.2 Å². The molecule has 5 N–H and O–H groups in total. The second-order valence-corrected chi connectivity index (χ2v) is 12.5. The van der Waals surface area contributed by atoms with E-state index < -0.39 is 42.5 Å². The zero-order valence-electron chi connectivity index (χ0n) is 27.8. The van der Waals surface area contributed by atoms with Gasteiger partial charge in [0.2, 0.25) is 5.91 Å². The molecule has 260 valence electrons. The minimum atomic E-state index is -1.07. The highest BCUT2D eigenvalue weighted by atomic mass is 16.6. The Kier molecular flexibility index (Phi) is 9.81. The summed E-state index contributed by atoms with van der Waals surface area (Å²) in [5, 5.41) is 23.6. The number of rotatable bonds is 11. The predicted molar refractivity (Wildman–Crippen MR) is 184 cm³/mol. The minimum Gasteiger partial charge on any atom is -0.497 e. The lowest BCUT2D eigenvalue weighted by molar-refractivity contribution is -0.133. The van der Waals surface area contributed by atoms with E-state index in [0.29, 0.717) is 30.2 Å². The largest absolute Gasteiger partial charge is 0.497 e. The van der Waals surface area contributed by atoms with E-state index >= 15 is 0 Å². The van der Waals surface area contributed by atoms with Crippen LogP contribution in [0.4, 0.5) is 0 Å². The molecule has 3 unspecified atom stereocenters. The second kappa shape index (κ2) is 14.6. The van der Waals surface area contributed by atoms with Crippen molar-refractivity contribution in [3.63, 3.8) is 0 Å². The van der Waals surface area contributed by atoms with Crippen LogP contribution < -0.4 is 30.7 Å². The summed E-state index contributed by atoms with van der Waals surface area (Å²) in [5.41, 5.74) is 2.03. The molecule has 0 spiro atoms. The highest BCUT2D eigenvalue weighted by Gasteiger charge is 2.50. The van der Waals surface area contributed by atoms with Gasteiger partial charge < -0.3 is 34.7 Å². The summed E-state index contributed by atoms with van der Waals surface area (Å²) in [6.07, 6.45) is -3.05. The van der Waals surface area contributed by atoms with Crippen molar-refractivity contribution < 1.29 is 33.6 Å². The van der Waals surface area contributed by atoms with Gasteiger partial charge in [-0.15, -0.1) is 0 Å². The number of ether oxygens (including phenoxy) is 4. The molecule has 3 heterocycles. The van der Waals surface area contributed by atoms with Crippen LogP contribution in [-0.2, 0) is 19.9 Å². The molecule has 4 aromatic carbocycles. The molecule has 0 saturated carbocycles. The highest BCUT2D eigenvalue weighted by molar-refractivity contribution is 5.94. The maximum atomic E-state index is 13.1. The Bertz CT molecular complexity index is 1710. The molecule has 50 heavy (non-hydrogen) atoms. The molecule has 6 atom stereocenters. The normalized spacial score (nSPS) is 25.1. The summed E-state index contributed by atoms with van der Waals surface area (Å²) in [7, 11) is 3.26. The Morgan fingerprint density at radius 1 is 0.880 bits per heavy atom. The smallest absolute Gasteiger partial charge is 0.253 e. The summed E-state index contributed by atoms with van der Waals surface area (Å²) in [6.45, 7) is 0.398. The molecule has 3 fully saturated rings. The van der Waals surface area contributed by atoms with Crippen molar-refractivity contribution in [3.05, 3.63) is 131 Å². The van der Waals surface area contributed by atoms with Crippen molar-refractivity contribution in [3.8, 4) is 11.5 Å². The number of hydrogen-bond acceptors (Lipinski definition) is 10. The molecule has 7 rings (SSSR count). The molecule has 4 aromatic rings. The number of nitrogens with zero attached hydrogens (tertiary/aromatic N) is 1. The first-order valence-corrected chi connectivity index (χ1v) is 16.6. The summed E-state index contributed by atoms with van der Waals surface area (Å²) in [4.78, 5) is 27.9. The van der Waals surface area contributed by atoms with Crippen LogP contribution in [0.3, 0.4) is 0 Å². The molecule has 12 heteroatoms. The van der Waals surface area contributed by atoms with Gasteiger partial charge in [-0.3, -0.25) is 20.2 Å². The average molecular weight is 680 g/mol. The first-order valence-electron chi connectivity index (χ1n) is 16.6. The van der Waals surface area contributed by atoms with Crippen molar-refractivity contribution in [1.82, 2.24) is 26.2 Å². The van der Waals surface area contributed by atoms with E-state index in [1.165, 1.54) is 0 Å². The van der Waals surface area contributed by atoms with Gasteiger partial charge in [-0.1, -0.05) is 72.8 Å². The SMILES string of the molecule is COc1ccc(C(OC[C@H]2O[C@@H](N3CNC4C(=O)NC(NC(=O)c5ccccc5)NC43)C[C@@H]2O)(c2ccccc2)c2ccc(OC)cc2)cc1. The van der Waals surface area contributed by atoms with E-state index in [0.717, 1.165) is 16.7 Å². The van der Waals surface area contributed by atoms with Crippen molar-refractivity contribution in [1.29, 1.82) is 0 Å². The third-order valence-electron chi connectivity index (χ3n) is 9.60. The lowest BCUT2D eigenvalue weighted by atomic mass is 9.80. The second-order valence-electron chi connectivity index (χ2n) is 12.5. The van der Waals surface area contributed by atoms with E-state index in [1.807, 2.05) is 89.8 Å². The van der Waals surface area contributed by atoms with E-state index in [4.69, 9.17) is 18.9 Å². The van der Waals surface area contributed by atoms with E-state index in [-0.39, 0.29) is 18.4 Å². The van der Waals surface area contributed by atoms with E-state index in [2.05, 4.69) is 21.3 Å². The molecule has 12 nitrogen and oxygen atoms in total. The monoisotopic (exact) mass is 679 g/mol. The number of nitrogens with one attached hydrogen (secondary N) is 4. The van der Waals surface area contributed by atoms with Gasteiger partial charge in [0.1, 0.15) is 35.5 Å². The van der Waals surface area contributed by atoms with Crippen LogP contribution in [0.15, 0.2) is 109 Å². The van der Waals surface area contributed by atoms with Crippen molar-refractivity contribution in [2.45, 2.75) is 49.0 Å². The number of aliphatic hydroxyl groups excluding tert-OH is 1. The number of carbonyl (C=O) groups excluding carboxylic acids is 2. The molecular formula is C38H41N5O7. The lowest BCUT2D eigenvalue weighted by Crippen LogP contribution is -2.72. The first-order chi connectivity index (χ1) is 24.4. The fraction of sp³-hybridized carbons (Fsp3) is 0.316. The Balaban J connectivity index is 1.12. The lowest BCUT2D eigenvalue weighted by Gasteiger charge is -2.39. The van der Waals surface area contributed by atoms with E-state index in [1.54, 1.807) is 38.5 Å². The Morgan fingerprint density at radius 2 is 1.46 bits per heavy atom. The Morgan fingerprint density at radius 3 is 2.06 bits per heavy atom. The van der Waals surface area contributed by atoms with Gasteiger partial charge in [0.05, 0.1) is 39.8 Å². The van der Waals surface area contributed by atoms with Crippen molar-refractivity contribution in [2.75, 3.05) is 27.5 Å². The third-order valence-corrected chi connectivity index (χ3v) is 9.60. The first kappa shape index (κ1) is 33.7. The van der Waals surface area contributed by atoms with E-state index in [9.17, 15) is 14.7 Å². The van der Waals surface area contributed by atoms with Crippen LogP contribution in [0.1, 0.15) is 33.5 Å². The Labute approximate surface area is 290 Å².